The van der Waals surface area contributed by atoms with Crippen molar-refractivity contribution in [3.05, 3.63) is 100 Å². The Bertz CT molecular complexity index is 2460. The number of hydrogen-bond acceptors (Lipinski definition) is 9. The number of carbonyl (C=O) groups is 3. The SMILES string of the molecule is Cn1nc([C@H]2CCC(=O)NC2=O)c2ccc(C3CCN(CC4CCN(C(=O)[C@H]5CC[C@H](Nc6ncc(F)c(-c7cccc(-n8ccccc8=O)c7)n6)CC5)CC4)CC3)cc21. The van der Waals surface area contributed by atoms with Gasteiger partial charge in [-0.1, -0.05) is 30.3 Å². The number of anilines is 1. The summed E-state index contributed by atoms with van der Waals surface area (Å²) >= 11 is 0. The molecule has 13 nitrogen and oxygen atoms in total. The molecule has 0 spiro atoms. The van der Waals surface area contributed by atoms with Gasteiger partial charge >= 0.3 is 0 Å². The zero-order valence-electron chi connectivity index (χ0n) is 34.1. The van der Waals surface area contributed by atoms with Crippen LogP contribution < -0.4 is 16.2 Å². The monoisotopic (exact) mass is 813 g/mol. The lowest BCUT2D eigenvalue weighted by molar-refractivity contribution is -0.138. The molecule has 6 heterocycles. The molecule has 312 valence electrons. The van der Waals surface area contributed by atoms with Crippen LogP contribution in [0.5, 0.6) is 0 Å². The summed E-state index contributed by atoms with van der Waals surface area (Å²) in [6, 6.07) is 18.7. The van der Waals surface area contributed by atoms with E-state index in [0.29, 0.717) is 41.9 Å². The van der Waals surface area contributed by atoms with Gasteiger partial charge in [-0.3, -0.25) is 33.7 Å². The number of nitrogens with one attached hydrogen (secondary N) is 2. The molecule has 0 bridgehead atoms. The van der Waals surface area contributed by atoms with Gasteiger partial charge in [0.2, 0.25) is 23.7 Å². The number of hydrogen-bond donors (Lipinski definition) is 2. The lowest BCUT2D eigenvalue weighted by Crippen LogP contribution is -2.45. The van der Waals surface area contributed by atoms with E-state index in [4.69, 9.17) is 5.10 Å². The van der Waals surface area contributed by atoms with Gasteiger partial charge in [0.15, 0.2) is 5.82 Å². The Kier molecular flexibility index (Phi) is 11.3. The summed E-state index contributed by atoms with van der Waals surface area (Å²) in [5.74, 6) is 0.296. The minimum absolute atomic E-state index is 0.0158. The maximum atomic E-state index is 15.0. The van der Waals surface area contributed by atoms with Gasteiger partial charge in [-0.25, -0.2) is 14.4 Å². The molecule has 3 aromatic heterocycles. The molecule has 3 amide bonds. The highest BCUT2D eigenvalue weighted by molar-refractivity contribution is 6.02. The Balaban J connectivity index is 0.721. The molecular weight excluding hydrogens is 762 g/mol. The molecule has 1 atom stereocenters. The fraction of sp³-hybridized carbons (Fsp3) is 0.457. The van der Waals surface area contributed by atoms with Crippen molar-refractivity contribution in [2.45, 2.75) is 82.1 Å². The van der Waals surface area contributed by atoms with Crippen LogP contribution in [0.25, 0.3) is 27.8 Å². The van der Waals surface area contributed by atoms with Crippen LogP contribution in [-0.2, 0) is 21.4 Å². The molecule has 60 heavy (non-hydrogen) atoms. The summed E-state index contributed by atoms with van der Waals surface area (Å²) in [5, 5.41) is 11.6. The van der Waals surface area contributed by atoms with Crippen molar-refractivity contribution in [1.29, 1.82) is 0 Å². The number of fused-ring (bicyclic) bond motifs is 1. The smallest absolute Gasteiger partial charge is 0.255 e. The molecule has 0 radical (unpaired) electrons. The Labute approximate surface area is 348 Å². The molecule has 1 aliphatic carbocycles. The van der Waals surface area contributed by atoms with Crippen LogP contribution in [0.1, 0.15) is 87.3 Å². The molecule has 3 aliphatic heterocycles. The molecule has 3 saturated heterocycles. The normalized spacial score (nSPS) is 22.2. The molecule has 9 rings (SSSR count). The van der Waals surface area contributed by atoms with Crippen molar-refractivity contribution < 1.29 is 18.8 Å². The number of rotatable bonds is 9. The minimum atomic E-state index is -0.540. The summed E-state index contributed by atoms with van der Waals surface area (Å²) < 4.78 is 18.4. The topological polar surface area (TPSA) is 147 Å². The van der Waals surface area contributed by atoms with Gasteiger partial charge < -0.3 is 15.1 Å². The molecule has 2 N–H and O–H groups in total. The Hall–Kier alpha value is -5.76. The largest absolute Gasteiger partial charge is 0.351 e. The molecule has 1 saturated carbocycles. The van der Waals surface area contributed by atoms with Gasteiger partial charge in [0, 0.05) is 74.0 Å². The first-order valence-corrected chi connectivity index (χ1v) is 21.6. The van der Waals surface area contributed by atoms with Crippen molar-refractivity contribution in [1.82, 2.24) is 39.4 Å². The van der Waals surface area contributed by atoms with E-state index in [0.717, 1.165) is 101 Å². The number of imide groups is 1. The standard InChI is InChI=1S/C46H52FN9O4/c1-53-39-26-32(10-13-36(39)43(52-53)37-14-15-40(57)50-44(37)59)30-18-21-54(22-19-30)28-29-16-23-55(24-17-29)45(60)31-8-11-34(12-9-31)49-46-48-27-38(47)42(51-46)33-5-4-6-35(25-33)56-20-3-2-7-41(56)58/h2-7,10,13,20,25-27,29-31,34,37H,8-9,11-12,14-19,21-24,28H2,1H3,(H,48,49,51)(H,50,57,59)/t31-,34-,37-/m1/s1. The second-order valence-corrected chi connectivity index (χ2v) is 17.2. The predicted molar refractivity (Wildman–Crippen MR) is 226 cm³/mol. The van der Waals surface area contributed by atoms with E-state index < -0.39 is 11.7 Å². The van der Waals surface area contributed by atoms with Gasteiger partial charge in [0.05, 0.1) is 23.3 Å². The second kappa shape index (κ2) is 17.1. The number of piperidine rings is 3. The summed E-state index contributed by atoms with van der Waals surface area (Å²) in [4.78, 5) is 63.8. The fourth-order valence-corrected chi connectivity index (χ4v) is 9.93. The Morgan fingerprint density at radius 2 is 1.68 bits per heavy atom. The number of pyridine rings is 1. The highest BCUT2D eigenvalue weighted by Crippen LogP contribution is 2.36. The molecule has 4 fully saturated rings. The summed E-state index contributed by atoms with van der Waals surface area (Å²) in [6.07, 6.45) is 11.2. The van der Waals surface area contributed by atoms with Crippen LogP contribution in [-0.4, -0.2) is 90.6 Å². The van der Waals surface area contributed by atoms with Crippen molar-refractivity contribution >= 4 is 34.6 Å². The van der Waals surface area contributed by atoms with Crippen LogP contribution in [0, 0.1) is 17.7 Å². The van der Waals surface area contributed by atoms with Crippen LogP contribution in [0.15, 0.2) is 77.9 Å². The van der Waals surface area contributed by atoms with Crippen molar-refractivity contribution in [2.75, 3.05) is 38.0 Å². The molecule has 5 aromatic rings. The number of halogens is 1. The summed E-state index contributed by atoms with van der Waals surface area (Å²) in [7, 11) is 1.93. The minimum Gasteiger partial charge on any atom is -0.351 e. The lowest BCUT2D eigenvalue weighted by atomic mass is 9.84. The number of carbonyl (C=O) groups excluding carboxylic acids is 3. The van der Waals surface area contributed by atoms with Gasteiger partial charge in [0.25, 0.3) is 5.56 Å². The van der Waals surface area contributed by atoms with Gasteiger partial charge in [-0.15, -0.1) is 0 Å². The van der Waals surface area contributed by atoms with E-state index in [1.165, 1.54) is 22.4 Å². The number of aromatic nitrogens is 5. The first kappa shape index (κ1) is 39.7. The van der Waals surface area contributed by atoms with E-state index >= 15 is 4.39 Å². The zero-order chi connectivity index (χ0) is 41.3. The third kappa shape index (κ3) is 8.34. The maximum absolute atomic E-state index is 15.0. The zero-order valence-corrected chi connectivity index (χ0v) is 34.1. The number of likely N-dealkylation sites (tertiary alicyclic amines) is 2. The summed E-state index contributed by atoms with van der Waals surface area (Å²) in [5.41, 5.74) is 4.26. The van der Waals surface area contributed by atoms with E-state index in [1.807, 2.05) is 11.7 Å². The quantitative estimate of drug-likeness (QED) is 0.173. The maximum Gasteiger partial charge on any atom is 0.255 e. The average molecular weight is 814 g/mol. The molecule has 14 heteroatoms. The summed E-state index contributed by atoms with van der Waals surface area (Å²) in [6.45, 7) is 4.82. The van der Waals surface area contributed by atoms with E-state index in [9.17, 15) is 19.2 Å². The molecule has 4 aliphatic rings. The number of benzene rings is 2. The lowest BCUT2D eigenvalue weighted by Gasteiger charge is -2.39. The van der Waals surface area contributed by atoms with E-state index in [2.05, 4.69) is 48.6 Å². The van der Waals surface area contributed by atoms with Crippen LogP contribution in [0.3, 0.4) is 0 Å². The fourth-order valence-electron chi connectivity index (χ4n) is 9.93. The van der Waals surface area contributed by atoms with Gasteiger partial charge in [-0.05, 0) is 113 Å². The van der Waals surface area contributed by atoms with Crippen LogP contribution in [0.2, 0.25) is 0 Å². The third-order valence-electron chi connectivity index (χ3n) is 13.3. The van der Waals surface area contributed by atoms with Crippen molar-refractivity contribution in [3.8, 4) is 16.9 Å². The van der Waals surface area contributed by atoms with Crippen molar-refractivity contribution in [2.24, 2.45) is 18.9 Å². The van der Waals surface area contributed by atoms with Gasteiger partial charge in [-0.2, -0.15) is 5.10 Å². The first-order chi connectivity index (χ1) is 29.2. The highest BCUT2D eigenvalue weighted by Gasteiger charge is 2.34. The molecule has 0 unspecified atom stereocenters. The number of amides is 3. The molecular formula is C46H52FN9O4. The predicted octanol–water partition coefficient (Wildman–Crippen LogP) is 5.93. The van der Waals surface area contributed by atoms with E-state index in [-0.39, 0.29) is 40.9 Å². The van der Waals surface area contributed by atoms with Crippen LogP contribution in [0.4, 0.5) is 10.3 Å². The Morgan fingerprint density at radius 3 is 2.45 bits per heavy atom. The van der Waals surface area contributed by atoms with Crippen LogP contribution >= 0.6 is 0 Å². The number of aryl methyl sites for hydroxylation is 1. The van der Waals surface area contributed by atoms with Gasteiger partial charge in [0.1, 0.15) is 5.69 Å². The van der Waals surface area contributed by atoms with E-state index in [1.54, 1.807) is 42.6 Å². The number of nitrogens with zero attached hydrogens (tertiary/aromatic N) is 7. The highest BCUT2D eigenvalue weighted by atomic mass is 19.1. The Morgan fingerprint density at radius 1 is 0.883 bits per heavy atom. The molecule has 2 aromatic carbocycles. The third-order valence-corrected chi connectivity index (χ3v) is 13.3. The van der Waals surface area contributed by atoms with Crippen molar-refractivity contribution in [3.63, 3.8) is 0 Å². The average Bonchev–Trinajstić information content (AvgIpc) is 3.59. The first-order valence-electron chi connectivity index (χ1n) is 21.6. The second-order valence-electron chi connectivity index (χ2n) is 17.2.